The van der Waals surface area contributed by atoms with Gasteiger partial charge in [-0.3, -0.25) is 0 Å². The quantitative estimate of drug-likeness (QED) is 0.813. The number of rotatable bonds is 3. The summed E-state index contributed by atoms with van der Waals surface area (Å²) in [7, 11) is 0. The van der Waals surface area contributed by atoms with Crippen molar-refractivity contribution >= 4 is 12.4 Å². The summed E-state index contributed by atoms with van der Waals surface area (Å²) in [5, 5.41) is 0. The van der Waals surface area contributed by atoms with Crippen LogP contribution in [0, 0.1) is 13.8 Å². The molecule has 0 aromatic heterocycles. The van der Waals surface area contributed by atoms with Crippen molar-refractivity contribution in [3.8, 4) is 5.75 Å². The Morgan fingerprint density at radius 3 is 2.62 bits per heavy atom. The molecule has 2 nitrogen and oxygen atoms in total. The van der Waals surface area contributed by atoms with Gasteiger partial charge in [0, 0.05) is 6.54 Å². The molecule has 1 rings (SSSR count). The van der Waals surface area contributed by atoms with Crippen molar-refractivity contribution in [2.45, 2.75) is 13.8 Å². The maximum Gasteiger partial charge on any atom is 0.122 e. The Bertz CT molecular complexity index is 263. The fraction of sp³-hybridized carbons (Fsp3) is 0.400. The van der Waals surface area contributed by atoms with Crippen molar-refractivity contribution in [3.63, 3.8) is 0 Å². The second-order valence-corrected chi connectivity index (χ2v) is 2.84. The zero-order valence-electron chi connectivity index (χ0n) is 8.04. The minimum Gasteiger partial charge on any atom is -0.492 e. The molecule has 0 heterocycles. The molecule has 0 saturated heterocycles. The summed E-state index contributed by atoms with van der Waals surface area (Å²) < 4.78 is 5.44. The summed E-state index contributed by atoms with van der Waals surface area (Å²) in [6.07, 6.45) is 0. The Morgan fingerprint density at radius 1 is 1.31 bits per heavy atom. The van der Waals surface area contributed by atoms with E-state index in [1.165, 1.54) is 11.1 Å². The molecular formula is C10H16ClNO. The van der Waals surface area contributed by atoms with Gasteiger partial charge < -0.3 is 10.5 Å². The number of nitrogens with two attached hydrogens (primary N) is 1. The first-order valence-corrected chi connectivity index (χ1v) is 4.15. The van der Waals surface area contributed by atoms with Gasteiger partial charge in [0.05, 0.1) is 0 Å². The summed E-state index contributed by atoms with van der Waals surface area (Å²) in [5.74, 6) is 0.945. The first-order valence-electron chi connectivity index (χ1n) is 4.15. The van der Waals surface area contributed by atoms with Crippen LogP contribution in [0.2, 0.25) is 0 Å². The third-order valence-electron chi connectivity index (χ3n) is 1.93. The van der Waals surface area contributed by atoms with Gasteiger partial charge in [-0.1, -0.05) is 12.1 Å². The Balaban J connectivity index is 0.00000144. The van der Waals surface area contributed by atoms with Gasteiger partial charge in [-0.2, -0.15) is 0 Å². The van der Waals surface area contributed by atoms with E-state index < -0.39 is 0 Å². The van der Waals surface area contributed by atoms with E-state index in [9.17, 15) is 0 Å². The lowest BCUT2D eigenvalue weighted by Crippen LogP contribution is -2.11. The maximum atomic E-state index is 5.44. The van der Waals surface area contributed by atoms with Crippen LogP contribution >= 0.6 is 12.4 Å². The zero-order chi connectivity index (χ0) is 8.97. The van der Waals surface area contributed by atoms with Crippen molar-refractivity contribution in [2.75, 3.05) is 13.2 Å². The molecule has 0 radical (unpaired) electrons. The summed E-state index contributed by atoms with van der Waals surface area (Å²) in [4.78, 5) is 0. The number of aryl methyl sites for hydroxylation is 1. The predicted octanol–water partition coefficient (Wildman–Crippen LogP) is 2.06. The van der Waals surface area contributed by atoms with Crippen molar-refractivity contribution < 1.29 is 4.74 Å². The van der Waals surface area contributed by atoms with Gasteiger partial charge in [0.1, 0.15) is 12.4 Å². The maximum absolute atomic E-state index is 5.44. The van der Waals surface area contributed by atoms with Gasteiger partial charge in [0.15, 0.2) is 0 Å². The van der Waals surface area contributed by atoms with Crippen LogP contribution in [0.4, 0.5) is 0 Å². The smallest absolute Gasteiger partial charge is 0.122 e. The molecule has 0 fully saturated rings. The van der Waals surface area contributed by atoms with Crippen LogP contribution in [0.3, 0.4) is 0 Å². The SMILES string of the molecule is Cc1cccc(OCCN)c1C.Cl. The first kappa shape index (κ1) is 12.3. The van der Waals surface area contributed by atoms with Gasteiger partial charge in [0.2, 0.25) is 0 Å². The topological polar surface area (TPSA) is 35.2 Å². The van der Waals surface area contributed by atoms with Crippen molar-refractivity contribution in [1.82, 2.24) is 0 Å². The van der Waals surface area contributed by atoms with E-state index in [1.807, 2.05) is 12.1 Å². The molecule has 0 aliphatic carbocycles. The molecule has 1 aromatic carbocycles. The lowest BCUT2D eigenvalue weighted by molar-refractivity contribution is 0.326. The van der Waals surface area contributed by atoms with Crippen LogP contribution in [-0.2, 0) is 0 Å². The van der Waals surface area contributed by atoms with Crippen molar-refractivity contribution in [3.05, 3.63) is 29.3 Å². The van der Waals surface area contributed by atoms with Gasteiger partial charge in [-0.25, -0.2) is 0 Å². The highest BCUT2D eigenvalue weighted by Gasteiger charge is 1.99. The lowest BCUT2D eigenvalue weighted by atomic mass is 10.1. The van der Waals surface area contributed by atoms with Crippen molar-refractivity contribution in [1.29, 1.82) is 0 Å². The number of hydrogen-bond acceptors (Lipinski definition) is 2. The van der Waals surface area contributed by atoms with E-state index in [-0.39, 0.29) is 12.4 Å². The molecule has 1 aromatic rings. The Morgan fingerprint density at radius 2 is 2.00 bits per heavy atom. The van der Waals surface area contributed by atoms with Gasteiger partial charge in [-0.15, -0.1) is 12.4 Å². The molecular weight excluding hydrogens is 186 g/mol. The van der Waals surface area contributed by atoms with E-state index >= 15 is 0 Å². The number of benzene rings is 1. The fourth-order valence-electron chi connectivity index (χ4n) is 1.05. The third kappa shape index (κ3) is 3.25. The Hall–Kier alpha value is -0.730. The van der Waals surface area contributed by atoms with Crippen LogP contribution in [0.25, 0.3) is 0 Å². The molecule has 0 aliphatic rings. The number of ether oxygens (including phenoxy) is 1. The molecule has 3 heteroatoms. The van der Waals surface area contributed by atoms with E-state index in [0.717, 1.165) is 5.75 Å². The lowest BCUT2D eigenvalue weighted by Gasteiger charge is -2.09. The van der Waals surface area contributed by atoms with Gasteiger partial charge >= 0.3 is 0 Å². The summed E-state index contributed by atoms with van der Waals surface area (Å²) >= 11 is 0. The molecule has 0 unspecified atom stereocenters. The monoisotopic (exact) mass is 201 g/mol. The second-order valence-electron chi connectivity index (χ2n) is 2.84. The van der Waals surface area contributed by atoms with Crippen LogP contribution in [0.1, 0.15) is 11.1 Å². The molecule has 0 aliphatic heterocycles. The molecule has 0 spiro atoms. The summed E-state index contributed by atoms with van der Waals surface area (Å²) in [6, 6.07) is 6.04. The second kappa shape index (κ2) is 5.84. The fourth-order valence-corrected chi connectivity index (χ4v) is 1.05. The van der Waals surface area contributed by atoms with E-state index in [2.05, 4.69) is 19.9 Å². The van der Waals surface area contributed by atoms with E-state index in [4.69, 9.17) is 10.5 Å². The van der Waals surface area contributed by atoms with Gasteiger partial charge in [0.25, 0.3) is 0 Å². The largest absolute Gasteiger partial charge is 0.492 e. The van der Waals surface area contributed by atoms with Gasteiger partial charge in [-0.05, 0) is 31.0 Å². The molecule has 0 atom stereocenters. The minimum absolute atomic E-state index is 0. The highest BCUT2D eigenvalue weighted by atomic mass is 35.5. The van der Waals surface area contributed by atoms with E-state index in [0.29, 0.717) is 13.2 Å². The normalized spacial score (nSPS) is 9.15. The Kier molecular flexibility index (Phi) is 5.51. The molecule has 0 amide bonds. The molecule has 0 bridgehead atoms. The molecule has 2 N–H and O–H groups in total. The third-order valence-corrected chi connectivity index (χ3v) is 1.93. The van der Waals surface area contributed by atoms with Crippen LogP contribution in [0.15, 0.2) is 18.2 Å². The average molecular weight is 202 g/mol. The molecule has 0 saturated carbocycles. The zero-order valence-corrected chi connectivity index (χ0v) is 8.86. The van der Waals surface area contributed by atoms with Crippen LogP contribution in [-0.4, -0.2) is 13.2 Å². The summed E-state index contributed by atoms with van der Waals surface area (Å²) in [5.41, 5.74) is 7.79. The van der Waals surface area contributed by atoms with Crippen molar-refractivity contribution in [2.24, 2.45) is 5.73 Å². The molecule has 74 valence electrons. The average Bonchev–Trinajstić information content (AvgIpc) is 2.08. The standard InChI is InChI=1S/C10H15NO.ClH/c1-8-4-3-5-10(9(8)2)12-7-6-11;/h3-5H,6-7,11H2,1-2H3;1H. The van der Waals surface area contributed by atoms with Crippen LogP contribution in [0.5, 0.6) is 5.75 Å². The molecule has 13 heavy (non-hydrogen) atoms. The summed E-state index contributed by atoms with van der Waals surface area (Å²) in [6.45, 7) is 5.28. The predicted molar refractivity (Wildman–Crippen MR) is 57.7 cm³/mol. The van der Waals surface area contributed by atoms with E-state index in [1.54, 1.807) is 0 Å². The Labute approximate surface area is 85.5 Å². The highest BCUT2D eigenvalue weighted by Crippen LogP contribution is 2.19. The minimum atomic E-state index is 0. The first-order chi connectivity index (χ1) is 5.75. The highest BCUT2D eigenvalue weighted by molar-refractivity contribution is 5.85. The van der Waals surface area contributed by atoms with Crippen LogP contribution < -0.4 is 10.5 Å². The number of halogens is 1. The number of hydrogen-bond donors (Lipinski definition) is 1.